The number of benzene rings is 2. The first-order valence-electron chi connectivity index (χ1n) is 7.02. The Balaban J connectivity index is 1.82. The van der Waals surface area contributed by atoms with Gasteiger partial charge in [-0.2, -0.15) is 0 Å². The van der Waals surface area contributed by atoms with E-state index in [9.17, 15) is 9.90 Å². The summed E-state index contributed by atoms with van der Waals surface area (Å²) in [5.74, 6) is 0.0964. The monoisotopic (exact) mass is 269 g/mol. The molecule has 0 saturated carbocycles. The minimum Gasteiger partial charge on any atom is -0.388 e. The Labute approximate surface area is 118 Å². The zero-order chi connectivity index (χ0) is 14.2. The number of amides is 1. The van der Waals surface area contributed by atoms with Crippen LogP contribution in [0, 0.1) is 0 Å². The lowest BCUT2D eigenvalue weighted by Gasteiger charge is -2.19. The normalized spacial score (nSPS) is 22.4. The van der Waals surface area contributed by atoms with Crippen molar-refractivity contribution in [2.24, 2.45) is 0 Å². The summed E-state index contributed by atoms with van der Waals surface area (Å²) in [6.07, 6.45) is 1.06. The average molecular weight is 269 g/mol. The number of carbonyl (C=O) groups is 1. The molecular weight excluding hydrogens is 250 g/mol. The Hall–Kier alpha value is -1.87. The van der Waals surface area contributed by atoms with Crippen LogP contribution in [0.4, 0.5) is 0 Å². The van der Waals surface area contributed by atoms with E-state index in [-0.39, 0.29) is 5.91 Å². The molecule has 3 rings (SSSR count). The number of hydrogen-bond donors (Lipinski definition) is 1. The van der Waals surface area contributed by atoms with E-state index in [4.69, 9.17) is 0 Å². The summed E-state index contributed by atoms with van der Waals surface area (Å²) in [6, 6.07) is 14.2. The fraction of sp³-hybridized carbons (Fsp3) is 0.353. The standard InChI is InChI=1S/C17H19NO2/c1-17(20)9-10-18(12-17)16(19)11-14-7-4-6-13-5-2-3-8-15(13)14/h2-8,20H,9-12H2,1H3. The van der Waals surface area contributed by atoms with Crippen molar-refractivity contribution in [3.63, 3.8) is 0 Å². The molecule has 0 aliphatic carbocycles. The van der Waals surface area contributed by atoms with Gasteiger partial charge in [0.25, 0.3) is 0 Å². The first kappa shape index (κ1) is 13.1. The van der Waals surface area contributed by atoms with Gasteiger partial charge in [-0.15, -0.1) is 0 Å². The predicted octanol–water partition coefficient (Wildman–Crippen LogP) is 2.37. The van der Waals surface area contributed by atoms with E-state index in [2.05, 4.69) is 18.2 Å². The number of nitrogens with zero attached hydrogens (tertiary/aromatic N) is 1. The summed E-state index contributed by atoms with van der Waals surface area (Å²) in [4.78, 5) is 14.1. The highest BCUT2D eigenvalue weighted by atomic mass is 16.3. The summed E-state index contributed by atoms with van der Waals surface area (Å²) in [5.41, 5.74) is 0.327. The first-order chi connectivity index (χ1) is 9.55. The number of fused-ring (bicyclic) bond motifs is 1. The summed E-state index contributed by atoms with van der Waals surface area (Å²) < 4.78 is 0. The van der Waals surface area contributed by atoms with Crippen LogP contribution in [-0.4, -0.2) is 34.6 Å². The molecule has 1 amide bonds. The maximum absolute atomic E-state index is 12.4. The van der Waals surface area contributed by atoms with Crippen LogP contribution in [0.1, 0.15) is 18.9 Å². The number of rotatable bonds is 2. The Bertz CT molecular complexity index is 643. The molecule has 0 spiro atoms. The zero-order valence-corrected chi connectivity index (χ0v) is 11.7. The highest BCUT2D eigenvalue weighted by Crippen LogP contribution is 2.23. The van der Waals surface area contributed by atoms with Crippen LogP contribution >= 0.6 is 0 Å². The highest BCUT2D eigenvalue weighted by Gasteiger charge is 2.33. The summed E-state index contributed by atoms with van der Waals surface area (Å²) >= 11 is 0. The largest absolute Gasteiger partial charge is 0.388 e. The third-order valence-electron chi connectivity index (χ3n) is 4.03. The second-order valence-corrected chi connectivity index (χ2v) is 5.88. The van der Waals surface area contributed by atoms with Crippen molar-refractivity contribution in [3.8, 4) is 0 Å². The maximum atomic E-state index is 12.4. The fourth-order valence-electron chi connectivity index (χ4n) is 2.88. The van der Waals surface area contributed by atoms with Crippen molar-refractivity contribution in [2.75, 3.05) is 13.1 Å². The van der Waals surface area contributed by atoms with Gasteiger partial charge in [0.15, 0.2) is 0 Å². The quantitative estimate of drug-likeness (QED) is 0.909. The first-order valence-corrected chi connectivity index (χ1v) is 7.02. The molecule has 3 nitrogen and oxygen atoms in total. The SMILES string of the molecule is CC1(O)CCN(C(=O)Cc2cccc3ccccc23)C1. The molecule has 1 heterocycles. The molecule has 1 N–H and O–H groups in total. The molecule has 1 aliphatic heterocycles. The van der Waals surface area contributed by atoms with Gasteiger partial charge in [-0.05, 0) is 29.7 Å². The Morgan fingerprint density at radius 1 is 1.25 bits per heavy atom. The molecule has 2 aromatic rings. The molecule has 2 aromatic carbocycles. The van der Waals surface area contributed by atoms with E-state index >= 15 is 0 Å². The lowest BCUT2D eigenvalue weighted by atomic mass is 10.0. The van der Waals surface area contributed by atoms with E-state index in [1.807, 2.05) is 24.3 Å². The topological polar surface area (TPSA) is 40.5 Å². The Kier molecular flexibility index (Phi) is 3.22. The molecule has 1 fully saturated rings. The van der Waals surface area contributed by atoms with Crippen LogP contribution in [-0.2, 0) is 11.2 Å². The average Bonchev–Trinajstić information content (AvgIpc) is 2.80. The van der Waals surface area contributed by atoms with Gasteiger partial charge in [-0.1, -0.05) is 42.5 Å². The lowest BCUT2D eigenvalue weighted by molar-refractivity contribution is -0.130. The van der Waals surface area contributed by atoms with Crippen molar-refractivity contribution in [2.45, 2.75) is 25.4 Å². The lowest BCUT2D eigenvalue weighted by Crippen LogP contribution is -2.34. The molecule has 0 bridgehead atoms. The van der Waals surface area contributed by atoms with Gasteiger partial charge in [0.2, 0.25) is 5.91 Å². The second-order valence-electron chi connectivity index (χ2n) is 5.88. The van der Waals surface area contributed by atoms with Gasteiger partial charge in [0.05, 0.1) is 12.0 Å². The number of hydrogen-bond acceptors (Lipinski definition) is 2. The van der Waals surface area contributed by atoms with Gasteiger partial charge < -0.3 is 10.0 Å². The molecule has 1 unspecified atom stereocenters. The van der Waals surface area contributed by atoms with Crippen LogP contribution in [0.5, 0.6) is 0 Å². The summed E-state index contributed by atoms with van der Waals surface area (Å²) in [6.45, 7) is 2.88. The maximum Gasteiger partial charge on any atom is 0.227 e. The molecular formula is C17H19NO2. The van der Waals surface area contributed by atoms with E-state index in [1.165, 1.54) is 0 Å². The smallest absolute Gasteiger partial charge is 0.227 e. The van der Waals surface area contributed by atoms with Gasteiger partial charge in [-0.3, -0.25) is 4.79 Å². The van der Waals surface area contributed by atoms with Crippen molar-refractivity contribution in [1.29, 1.82) is 0 Å². The molecule has 0 radical (unpaired) electrons. The van der Waals surface area contributed by atoms with Gasteiger partial charge in [0.1, 0.15) is 0 Å². The molecule has 1 atom stereocenters. The molecule has 1 aliphatic rings. The summed E-state index contributed by atoms with van der Waals surface area (Å²) in [7, 11) is 0. The second kappa shape index (κ2) is 4.91. The third kappa shape index (κ3) is 2.54. The van der Waals surface area contributed by atoms with Crippen LogP contribution < -0.4 is 0 Å². The predicted molar refractivity (Wildman–Crippen MR) is 79.5 cm³/mol. The van der Waals surface area contributed by atoms with Gasteiger partial charge in [-0.25, -0.2) is 0 Å². The van der Waals surface area contributed by atoms with Crippen LogP contribution in [0.3, 0.4) is 0 Å². The molecule has 3 heteroatoms. The van der Waals surface area contributed by atoms with Crippen LogP contribution in [0.2, 0.25) is 0 Å². The third-order valence-corrected chi connectivity index (χ3v) is 4.03. The Morgan fingerprint density at radius 3 is 2.75 bits per heavy atom. The zero-order valence-electron chi connectivity index (χ0n) is 11.7. The molecule has 1 saturated heterocycles. The van der Waals surface area contributed by atoms with Crippen molar-refractivity contribution in [1.82, 2.24) is 4.90 Å². The summed E-state index contributed by atoms with van der Waals surface area (Å²) in [5, 5.41) is 12.2. The van der Waals surface area contributed by atoms with Crippen molar-refractivity contribution < 1.29 is 9.90 Å². The number of aliphatic hydroxyl groups is 1. The Morgan fingerprint density at radius 2 is 2.00 bits per heavy atom. The number of likely N-dealkylation sites (tertiary alicyclic amines) is 1. The minimum atomic E-state index is -0.728. The number of carbonyl (C=O) groups excluding carboxylic acids is 1. The van der Waals surface area contributed by atoms with Gasteiger partial charge >= 0.3 is 0 Å². The molecule has 20 heavy (non-hydrogen) atoms. The van der Waals surface area contributed by atoms with Crippen LogP contribution in [0.25, 0.3) is 10.8 Å². The van der Waals surface area contributed by atoms with E-state index in [0.29, 0.717) is 25.9 Å². The van der Waals surface area contributed by atoms with Crippen molar-refractivity contribution >= 4 is 16.7 Å². The van der Waals surface area contributed by atoms with Crippen molar-refractivity contribution in [3.05, 3.63) is 48.0 Å². The molecule has 0 aromatic heterocycles. The van der Waals surface area contributed by atoms with E-state index in [1.54, 1.807) is 11.8 Å². The van der Waals surface area contributed by atoms with Gasteiger partial charge in [0, 0.05) is 13.1 Å². The fourth-order valence-corrected chi connectivity index (χ4v) is 2.88. The number of β-amino-alcohol motifs (C(OH)–C–C–N with tert-alkyl or cyclic N) is 1. The van der Waals surface area contributed by atoms with Crippen LogP contribution in [0.15, 0.2) is 42.5 Å². The highest BCUT2D eigenvalue weighted by molar-refractivity contribution is 5.90. The van der Waals surface area contributed by atoms with E-state index in [0.717, 1.165) is 16.3 Å². The van der Waals surface area contributed by atoms with E-state index < -0.39 is 5.60 Å². The molecule has 104 valence electrons. The minimum absolute atomic E-state index is 0.0964.